The second-order valence-electron chi connectivity index (χ2n) is 7.13. The minimum atomic E-state index is -3.66. The maximum Gasteiger partial charge on any atom is 0.255 e. The van der Waals surface area contributed by atoms with Gasteiger partial charge in [-0.1, -0.05) is 12.1 Å². The first-order valence-electron chi connectivity index (χ1n) is 9.79. The van der Waals surface area contributed by atoms with Crippen LogP contribution in [-0.4, -0.2) is 69.2 Å². The summed E-state index contributed by atoms with van der Waals surface area (Å²) >= 11 is 0. The van der Waals surface area contributed by atoms with Crippen molar-refractivity contribution in [3.63, 3.8) is 0 Å². The predicted octanol–water partition coefficient (Wildman–Crippen LogP) is 1.62. The number of piperazine rings is 1. The van der Waals surface area contributed by atoms with Gasteiger partial charge in [0.15, 0.2) is 0 Å². The molecular formula is C21H26N4O4S. The van der Waals surface area contributed by atoms with Gasteiger partial charge >= 0.3 is 0 Å². The molecule has 0 radical (unpaired) electrons. The summed E-state index contributed by atoms with van der Waals surface area (Å²) in [6.45, 7) is 4.50. The molecule has 0 aliphatic carbocycles. The standard InChI is InChI=1S/C21H26N4O4S/c1-3-22-20(26)16-6-4-8-18(14-16)23-21(27)17-7-5-9-19(15-17)30(28,29)25-12-10-24(2)11-13-25/h4-9,14-15H,3,10-13H2,1-2H3,(H,22,26)(H,23,27). The minimum absolute atomic E-state index is 0.0933. The van der Waals surface area contributed by atoms with Gasteiger partial charge in [0.1, 0.15) is 0 Å². The molecule has 2 amide bonds. The molecular weight excluding hydrogens is 404 g/mol. The van der Waals surface area contributed by atoms with Crippen LogP contribution in [-0.2, 0) is 10.0 Å². The molecule has 9 heteroatoms. The molecule has 0 bridgehead atoms. The number of anilines is 1. The van der Waals surface area contributed by atoms with Crippen LogP contribution in [0.2, 0.25) is 0 Å². The predicted molar refractivity (Wildman–Crippen MR) is 115 cm³/mol. The Morgan fingerprint density at radius 1 is 0.933 bits per heavy atom. The Morgan fingerprint density at radius 2 is 1.57 bits per heavy atom. The van der Waals surface area contributed by atoms with E-state index in [1.165, 1.54) is 16.4 Å². The number of carbonyl (C=O) groups is 2. The van der Waals surface area contributed by atoms with Gasteiger partial charge in [-0.05, 0) is 50.4 Å². The van der Waals surface area contributed by atoms with Crippen molar-refractivity contribution in [3.8, 4) is 0 Å². The average molecular weight is 431 g/mol. The summed E-state index contributed by atoms with van der Waals surface area (Å²) in [6, 6.07) is 12.6. The number of hydrogen-bond acceptors (Lipinski definition) is 5. The van der Waals surface area contributed by atoms with Crippen molar-refractivity contribution in [3.05, 3.63) is 59.7 Å². The number of nitrogens with zero attached hydrogens (tertiary/aromatic N) is 2. The molecule has 0 aromatic heterocycles. The highest BCUT2D eigenvalue weighted by atomic mass is 32.2. The fourth-order valence-corrected chi connectivity index (χ4v) is 4.65. The lowest BCUT2D eigenvalue weighted by Crippen LogP contribution is -2.47. The largest absolute Gasteiger partial charge is 0.352 e. The highest BCUT2D eigenvalue weighted by molar-refractivity contribution is 7.89. The molecule has 1 saturated heterocycles. The minimum Gasteiger partial charge on any atom is -0.352 e. The van der Waals surface area contributed by atoms with Crippen molar-refractivity contribution in [2.24, 2.45) is 0 Å². The molecule has 1 heterocycles. The quantitative estimate of drug-likeness (QED) is 0.726. The first kappa shape index (κ1) is 21.9. The van der Waals surface area contributed by atoms with Gasteiger partial charge in [-0.15, -0.1) is 0 Å². The number of carbonyl (C=O) groups excluding carboxylic acids is 2. The summed E-state index contributed by atoms with van der Waals surface area (Å²) in [4.78, 5) is 26.8. The Kier molecular flexibility index (Phi) is 6.86. The molecule has 2 aromatic rings. The van der Waals surface area contributed by atoms with Crippen LogP contribution in [0.25, 0.3) is 0 Å². The summed E-state index contributed by atoms with van der Waals surface area (Å²) < 4.78 is 27.3. The molecule has 30 heavy (non-hydrogen) atoms. The second-order valence-corrected chi connectivity index (χ2v) is 9.07. The van der Waals surface area contributed by atoms with Gasteiger partial charge in [0, 0.05) is 49.5 Å². The van der Waals surface area contributed by atoms with Crippen molar-refractivity contribution >= 4 is 27.5 Å². The maximum atomic E-state index is 12.9. The monoisotopic (exact) mass is 430 g/mol. The Morgan fingerprint density at radius 3 is 2.23 bits per heavy atom. The van der Waals surface area contributed by atoms with Gasteiger partial charge in [-0.25, -0.2) is 8.42 Å². The lowest BCUT2D eigenvalue weighted by molar-refractivity contribution is 0.0954. The van der Waals surface area contributed by atoms with Crippen LogP contribution in [0.1, 0.15) is 27.6 Å². The summed E-state index contributed by atoms with van der Waals surface area (Å²) in [7, 11) is -1.71. The highest BCUT2D eigenvalue weighted by Gasteiger charge is 2.28. The van der Waals surface area contributed by atoms with Gasteiger partial charge in [0.25, 0.3) is 11.8 Å². The Hall–Kier alpha value is -2.75. The van der Waals surface area contributed by atoms with Crippen molar-refractivity contribution < 1.29 is 18.0 Å². The molecule has 0 unspecified atom stereocenters. The van der Waals surface area contributed by atoms with Crippen molar-refractivity contribution in [1.82, 2.24) is 14.5 Å². The highest BCUT2D eigenvalue weighted by Crippen LogP contribution is 2.20. The van der Waals surface area contributed by atoms with Crippen molar-refractivity contribution in [2.75, 3.05) is 45.1 Å². The molecule has 1 aliphatic heterocycles. The van der Waals surface area contributed by atoms with Crippen LogP contribution in [0, 0.1) is 0 Å². The normalized spacial score (nSPS) is 15.5. The van der Waals surface area contributed by atoms with Crippen molar-refractivity contribution in [2.45, 2.75) is 11.8 Å². The molecule has 3 rings (SSSR count). The van der Waals surface area contributed by atoms with Gasteiger partial charge in [0.2, 0.25) is 10.0 Å². The number of amides is 2. The van der Waals surface area contributed by atoms with E-state index in [9.17, 15) is 18.0 Å². The van der Waals surface area contributed by atoms with Crippen LogP contribution in [0.3, 0.4) is 0 Å². The van der Waals surface area contributed by atoms with Gasteiger partial charge < -0.3 is 15.5 Å². The van der Waals surface area contributed by atoms with E-state index in [4.69, 9.17) is 0 Å². The van der Waals surface area contributed by atoms with Crippen LogP contribution < -0.4 is 10.6 Å². The summed E-state index contributed by atoms with van der Waals surface area (Å²) in [5.74, 6) is -0.674. The summed E-state index contributed by atoms with van der Waals surface area (Å²) in [5.41, 5.74) is 1.12. The molecule has 2 N–H and O–H groups in total. The van der Waals surface area contributed by atoms with E-state index in [2.05, 4.69) is 15.5 Å². The molecule has 0 spiro atoms. The van der Waals surface area contributed by atoms with Crippen LogP contribution in [0.5, 0.6) is 0 Å². The third kappa shape index (κ3) is 5.05. The molecule has 160 valence electrons. The Labute approximate surface area is 176 Å². The topological polar surface area (TPSA) is 98.8 Å². The lowest BCUT2D eigenvalue weighted by Gasteiger charge is -2.31. The zero-order chi connectivity index (χ0) is 21.7. The zero-order valence-electron chi connectivity index (χ0n) is 17.1. The summed E-state index contributed by atoms with van der Waals surface area (Å²) in [5, 5.41) is 5.43. The first-order chi connectivity index (χ1) is 14.3. The van der Waals surface area contributed by atoms with E-state index in [0.717, 1.165) is 0 Å². The van der Waals surface area contributed by atoms with Gasteiger partial charge in [-0.2, -0.15) is 4.31 Å². The molecule has 0 atom stereocenters. The Bertz CT molecular complexity index is 1030. The number of rotatable bonds is 6. The lowest BCUT2D eigenvalue weighted by atomic mass is 10.1. The van der Waals surface area contributed by atoms with Crippen molar-refractivity contribution in [1.29, 1.82) is 0 Å². The average Bonchev–Trinajstić information content (AvgIpc) is 2.74. The molecule has 1 fully saturated rings. The number of nitrogens with one attached hydrogen (secondary N) is 2. The fraction of sp³-hybridized carbons (Fsp3) is 0.333. The van der Waals surface area contributed by atoms with E-state index in [0.29, 0.717) is 44.0 Å². The van der Waals surface area contributed by atoms with Crippen LogP contribution in [0.15, 0.2) is 53.4 Å². The second kappa shape index (κ2) is 9.38. The van der Waals surface area contributed by atoms with E-state index in [-0.39, 0.29) is 16.4 Å². The zero-order valence-corrected chi connectivity index (χ0v) is 17.9. The molecule has 8 nitrogen and oxygen atoms in total. The first-order valence-corrected chi connectivity index (χ1v) is 11.2. The smallest absolute Gasteiger partial charge is 0.255 e. The molecule has 2 aromatic carbocycles. The van der Waals surface area contributed by atoms with Crippen LogP contribution in [0.4, 0.5) is 5.69 Å². The molecule has 1 aliphatic rings. The number of likely N-dealkylation sites (N-methyl/N-ethyl adjacent to an activating group) is 1. The van der Waals surface area contributed by atoms with Gasteiger partial charge in [0.05, 0.1) is 4.90 Å². The fourth-order valence-electron chi connectivity index (χ4n) is 3.18. The third-order valence-corrected chi connectivity index (χ3v) is 6.81. The van der Waals surface area contributed by atoms with E-state index >= 15 is 0 Å². The van der Waals surface area contributed by atoms with E-state index in [1.54, 1.807) is 36.4 Å². The SMILES string of the molecule is CCNC(=O)c1cccc(NC(=O)c2cccc(S(=O)(=O)N3CCN(C)CC3)c2)c1. The maximum absolute atomic E-state index is 12.9. The number of sulfonamides is 1. The van der Waals surface area contributed by atoms with Gasteiger partial charge in [-0.3, -0.25) is 9.59 Å². The van der Waals surface area contributed by atoms with E-state index in [1.807, 2.05) is 14.0 Å². The molecule has 0 saturated carbocycles. The Balaban J connectivity index is 1.77. The number of benzene rings is 2. The van der Waals surface area contributed by atoms with E-state index < -0.39 is 15.9 Å². The number of hydrogen-bond donors (Lipinski definition) is 2. The van der Waals surface area contributed by atoms with Crippen LogP contribution >= 0.6 is 0 Å². The summed E-state index contributed by atoms with van der Waals surface area (Å²) in [6.07, 6.45) is 0. The third-order valence-electron chi connectivity index (χ3n) is 4.92.